The van der Waals surface area contributed by atoms with E-state index >= 15 is 0 Å². The molecule has 1 aliphatic rings. The summed E-state index contributed by atoms with van der Waals surface area (Å²) in [6.07, 6.45) is -3.32. The highest BCUT2D eigenvalue weighted by Crippen LogP contribution is 2.35. The average Bonchev–Trinajstić information content (AvgIpc) is 2.63. The molecule has 1 aromatic carbocycles. The van der Waals surface area contributed by atoms with E-state index < -0.39 is 23.3 Å². The lowest BCUT2D eigenvalue weighted by Crippen LogP contribution is -2.47. The van der Waals surface area contributed by atoms with Gasteiger partial charge in [-0.2, -0.15) is 18.2 Å². The van der Waals surface area contributed by atoms with Crippen molar-refractivity contribution in [3.63, 3.8) is 0 Å². The fraction of sp³-hybridized carbons (Fsp3) is 0.333. The summed E-state index contributed by atoms with van der Waals surface area (Å²) in [6, 6.07) is 2.35. The largest absolute Gasteiger partial charge is 0.478 e. The SMILES string of the molecule is CC(C)N1CC(=O)N(C)c2cnc(Nc3cc(C(=O)O)cc(C(F)(F)F)c3)nc21. The highest BCUT2D eigenvalue weighted by Gasteiger charge is 2.33. The van der Waals surface area contributed by atoms with Gasteiger partial charge in [-0.3, -0.25) is 4.79 Å². The second-order valence-electron chi connectivity index (χ2n) is 6.80. The lowest BCUT2D eigenvalue weighted by atomic mass is 10.1. The monoisotopic (exact) mass is 409 g/mol. The number of likely N-dealkylation sites (N-methyl/N-ethyl adjacent to an activating group) is 1. The number of nitrogens with zero attached hydrogens (tertiary/aromatic N) is 4. The maximum atomic E-state index is 13.1. The molecule has 0 saturated heterocycles. The van der Waals surface area contributed by atoms with Crippen molar-refractivity contribution in [2.75, 3.05) is 28.7 Å². The van der Waals surface area contributed by atoms with E-state index in [1.165, 1.54) is 11.1 Å². The van der Waals surface area contributed by atoms with Gasteiger partial charge in [0, 0.05) is 18.8 Å². The zero-order chi connectivity index (χ0) is 21.5. The van der Waals surface area contributed by atoms with Crippen molar-refractivity contribution in [3.8, 4) is 0 Å². The molecular formula is C18H18F3N5O3. The number of carbonyl (C=O) groups excluding carboxylic acids is 1. The van der Waals surface area contributed by atoms with E-state index in [2.05, 4.69) is 15.3 Å². The van der Waals surface area contributed by atoms with Crippen LogP contribution in [0.3, 0.4) is 0 Å². The first-order valence-electron chi connectivity index (χ1n) is 8.60. The molecule has 1 amide bonds. The quantitative estimate of drug-likeness (QED) is 0.801. The summed E-state index contributed by atoms with van der Waals surface area (Å²) in [4.78, 5) is 34.9. The fourth-order valence-corrected chi connectivity index (χ4v) is 2.88. The van der Waals surface area contributed by atoms with E-state index in [0.29, 0.717) is 17.6 Å². The lowest BCUT2D eigenvalue weighted by molar-refractivity contribution is -0.137. The molecule has 0 radical (unpaired) electrons. The van der Waals surface area contributed by atoms with E-state index in [-0.39, 0.29) is 30.1 Å². The van der Waals surface area contributed by atoms with Crippen LogP contribution >= 0.6 is 0 Å². The van der Waals surface area contributed by atoms with E-state index in [1.54, 1.807) is 11.9 Å². The third-order valence-corrected chi connectivity index (χ3v) is 4.45. The Labute approximate surface area is 164 Å². The molecule has 0 spiro atoms. The second kappa shape index (κ2) is 7.22. The molecular weight excluding hydrogens is 391 g/mol. The van der Waals surface area contributed by atoms with Crippen LogP contribution in [0, 0.1) is 0 Å². The molecule has 2 N–H and O–H groups in total. The Morgan fingerprint density at radius 1 is 1.28 bits per heavy atom. The number of alkyl halides is 3. The van der Waals surface area contributed by atoms with Crippen LogP contribution in [0.15, 0.2) is 24.4 Å². The van der Waals surface area contributed by atoms with E-state index in [1.807, 2.05) is 13.8 Å². The smallest absolute Gasteiger partial charge is 0.416 e. The van der Waals surface area contributed by atoms with Gasteiger partial charge in [0.2, 0.25) is 11.9 Å². The van der Waals surface area contributed by atoms with Gasteiger partial charge in [0.25, 0.3) is 0 Å². The maximum absolute atomic E-state index is 13.1. The van der Waals surface area contributed by atoms with Crippen molar-refractivity contribution in [3.05, 3.63) is 35.5 Å². The molecule has 8 nitrogen and oxygen atoms in total. The number of amides is 1. The number of aromatic carboxylic acids is 1. The van der Waals surface area contributed by atoms with Crippen molar-refractivity contribution in [2.24, 2.45) is 0 Å². The molecule has 11 heteroatoms. The number of aromatic nitrogens is 2. The molecule has 0 aliphatic carbocycles. The molecule has 0 bridgehead atoms. The Morgan fingerprint density at radius 2 is 1.97 bits per heavy atom. The third kappa shape index (κ3) is 4.08. The summed E-state index contributed by atoms with van der Waals surface area (Å²) >= 11 is 0. The molecule has 0 saturated carbocycles. The van der Waals surface area contributed by atoms with E-state index in [9.17, 15) is 22.8 Å². The first-order valence-corrected chi connectivity index (χ1v) is 8.60. The van der Waals surface area contributed by atoms with Crippen molar-refractivity contribution in [1.82, 2.24) is 9.97 Å². The molecule has 2 aromatic rings. The number of hydrogen-bond donors (Lipinski definition) is 2. The summed E-state index contributed by atoms with van der Waals surface area (Å²) in [7, 11) is 1.58. The number of anilines is 4. The minimum atomic E-state index is -4.71. The topological polar surface area (TPSA) is 98.7 Å². The molecule has 1 aliphatic heterocycles. The van der Waals surface area contributed by atoms with Gasteiger partial charge >= 0.3 is 12.1 Å². The van der Waals surface area contributed by atoms with Crippen LogP contribution in [-0.4, -0.2) is 46.6 Å². The van der Waals surface area contributed by atoms with Crippen LogP contribution in [0.4, 0.5) is 36.3 Å². The first kappa shape index (κ1) is 20.4. The van der Waals surface area contributed by atoms with Gasteiger partial charge in [0.1, 0.15) is 5.69 Å². The standard InChI is InChI=1S/C18H18F3N5O3/c1-9(2)26-8-14(27)25(3)13-7-22-17(24-15(13)26)23-12-5-10(16(28)29)4-11(6-12)18(19,20)21/h4-7,9H,8H2,1-3H3,(H,28,29)(H,22,23,24). The van der Waals surface area contributed by atoms with Crippen LogP contribution in [-0.2, 0) is 11.0 Å². The number of fused-ring (bicyclic) bond motifs is 1. The van der Waals surface area contributed by atoms with Gasteiger partial charge in [-0.1, -0.05) is 0 Å². The predicted octanol–water partition coefficient (Wildman–Crippen LogP) is 3.13. The number of rotatable bonds is 4. The molecule has 1 aromatic heterocycles. The summed E-state index contributed by atoms with van der Waals surface area (Å²) in [5.41, 5.74) is -1.27. The highest BCUT2D eigenvalue weighted by molar-refractivity contribution is 6.02. The minimum absolute atomic E-state index is 0.0205. The highest BCUT2D eigenvalue weighted by atomic mass is 19.4. The molecule has 3 rings (SSSR count). The van der Waals surface area contributed by atoms with Gasteiger partial charge in [-0.25, -0.2) is 9.78 Å². The van der Waals surface area contributed by atoms with Crippen molar-refractivity contribution >= 4 is 35.0 Å². The Hall–Kier alpha value is -3.37. The van der Waals surface area contributed by atoms with Gasteiger partial charge in [-0.15, -0.1) is 0 Å². The van der Waals surface area contributed by atoms with Crippen LogP contribution in [0.2, 0.25) is 0 Å². The van der Waals surface area contributed by atoms with Crippen molar-refractivity contribution in [2.45, 2.75) is 26.1 Å². The number of benzene rings is 1. The summed E-state index contributed by atoms with van der Waals surface area (Å²) < 4.78 is 39.3. The zero-order valence-electron chi connectivity index (χ0n) is 15.8. The summed E-state index contributed by atoms with van der Waals surface area (Å²) in [5.74, 6) is -1.20. The van der Waals surface area contributed by atoms with Crippen LogP contribution in [0.25, 0.3) is 0 Å². The molecule has 0 atom stereocenters. The Morgan fingerprint density at radius 3 is 2.55 bits per heavy atom. The number of carboxylic acid groups (broad SMARTS) is 1. The fourth-order valence-electron chi connectivity index (χ4n) is 2.88. The predicted molar refractivity (Wildman–Crippen MR) is 99.6 cm³/mol. The molecule has 29 heavy (non-hydrogen) atoms. The number of hydrogen-bond acceptors (Lipinski definition) is 6. The van der Waals surface area contributed by atoms with Crippen molar-refractivity contribution in [1.29, 1.82) is 0 Å². The van der Waals surface area contributed by atoms with Gasteiger partial charge in [0.05, 0.1) is 23.9 Å². The normalized spacial score (nSPS) is 14.2. The molecule has 154 valence electrons. The zero-order valence-corrected chi connectivity index (χ0v) is 15.8. The number of carboxylic acids is 1. The summed E-state index contributed by atoms with van der Waals surface area (Å²) in [6.45, 7) is 3.86. The van der Waals surface area contributed by atoms with E-state index in [4.69, 9.17) is 5.11 Å². The van der Waals surface area contributed by atoms with E-state index in [0.717, 1.165) is 12.1 Å². The first-order chi connectivity index (χ1) is 13.5. The number of nitrogens with one attached hydrogen (secondary N) is 1. The van der Waals surface area contributed by atoms with Gasteiger partial charge in [0.15, 0.2) is 5.82 Å². The summed E-state index contributed by atoms with van der Waals surface area (Å²) in [5, 5.41) is 11.7. The maximum Gasteiger partial charge on any atom is 0.416 e. The average molecular weight is 409 g/mol. The third-order valence-electron chi connectivity index (χ3n) is 4.45. The molecule has 0 unspecified atom stereocenters. The number of halogens is 3. The number of carbonyl (C=O) groups is 2. The Balaban J connectivity index is 2.02. The lowest BCUT2D eigenvalue weighted by Gasteiger charge is -2.36. The second-order valence-corrected chi connectivity index (χ2v) is 6.80. The van der Waals surface area contributed by atoms with Crippen molar-refractivity contribution < 1.29 is 27.9 Å². The molecule has 0 fully saturated rings. The van der Waals surface area contributed by atoms with Crippen LogP contribution in [0.5, 0.6) is 0 Å². The van der Waals surface area contributed by atoms with Gasteiger partial charge < -0.3 is 20.2 Å². The Kier molecular flexibility index (Phi) is 5.07. The van der Waals surface area contributed by atoms with Crippen LogP contribution in [0.1, 0.15) is 29.8 Å². The Bertz CT molecular complexity index is 978. The molecule has 2 heterocycles. The van der Waals surface area contributed by atoms with Crippen LogP contribution < -0.4 is 15.1 Å². The minimum Gasteiger partial charge on any atom is -0.478 e. The van der Waals surface area contributed by atoms with Gasteiger partial charge in [-0.05, 0) is 32.0 Å².